The maximum absolute atomic E-state index is 11.9. The van der Waals surface area contributed by atoms with Gasteiger partial charge >= 0.3 is 5.97 Å². The molecule has 0 aromatic heterocycles. The highest BCUT2D eigenvalue weighted by atomic mass is 35.5. The van der Waals surface area contributed by atoms with E-state index < -0.39 is 11.9 Å². The Morgan fingerprint density at radius 1 is 1.11 bits per heavy atom. The van der Waals surface area contributed by atoms with Crippen LogP contribution in [-0.4, -0.2) is 46.0 Å². The Morgan fingerprint density at radius 3 is 2.43 bits per heavy atom. The van der Waals surface area contributed by atoms with E-state index in [0.717, 1.165) is 0 Å². The molecule has 8 nitrogen and oxygen atoms in total. The molecule has 1 N–H and O–H groups in total. The fourth-order valence-electron chi connectivity index (χ4n) is 2.21. The van der Waals surface area contributed by atoms with Gasteiger partial charge in [0.25, 0.3) is 5.91 Å². The van der Waals surface area contributed by atoms with Crippen LogP contribution in [0.15, 0.2) is 41.6 Å². The number of ether oxygens (including phenoxy) is 3. The van der Waals surface area contributed by atoms with Gasteiger partial charge in [0.2, 0.25) is 0 Å². The Hall–Kier alpha value is -3.26. The number of methoxy groups -OCH3 is 3. The highest BCUT2D eigenvalue weighted by molar-refractivity contribution is 6.32. The van der Waals surface area contributed by atoms with Gasteiger partial charge in [-0.1, -0.05) is 16.8 Å². The Bertz CT molecular complexity index is 867. The number of anilines is 1. The smallest absolute Gasteiger partial charge is 0.337 e. The average Bonchev–Trinajstić information content (AvgIpc) is 2.70. The molecule has 148 valence electrons. The molecule has 0 atom stereocenters. The second-order valence-corrected chi connectivity index (χ2v) is 5.77. The number of carbonyl (C=O) groups is 2. The van der Waals surface area contributed by atoms with Crippen LogP contribution in [0.4, 0.5) is 5.69 Å². The quantitative estimate of drug-likeness (QED) is 0.411. The van der Waals surface area contributed by atoms with Crippen molar-refractivity contribution in [3.05, 3.63) is 52.5 Å². The minimum Gasteiger partial charge on any atom is -0.493 e. The van der Waals surface area contributed by atoms with E-state index in [2.05, 4.69) is 15.2 Å². The zero-order chi connectivity index (χ0) is 20.5. The van der Waals surface area contributed by atoms with Gasteiger partial charge in [-0.3, -0.25) is 4.79 Å². The third-order valence-corrected chi connectivity index (χ3v) is 3.80. The summed E-state index contributed by atoms with van der Waals surface area (Å²) in [4.78, 5) is 28.2. The Labute approximate surface area is 167 Å². The maximum atomic E-state index is 11.9. The second kappa shape index (κ2) is 10.2. The highest BCUT2D eigenvalue weighted by Crippen LogP contribution is 2.35. The summed E-state index contributed by atoms with van der Waals surface area (Å²) in [5.41, 5.74) is 1.51. The second-order valence-electron chi connectivity index (χ2n) is 5.36. The van der Waals surface area contributed by atoms with Gasteiger partial charge in [0.15, 0.2) is 18.1 Å². The van der Waals surface area contributed by atoms with Crippen molar-refractivity contribution in [2.24, 2.45) is 5.16 Å². The van der Waals surface area contributed by atoms with Gasteiger partial charge in [-0.15, -0.1) is 0 Å². The molecule has 2 aromatic rings. The fraction of sp³-hybridized carbons (Fsp3) is 0.211. The molecule has 0 aliphatic heterocycles. The van der Waals surface area contributed by atoms with Crippen molar-refractivity contribution in [3.8, 4) is 11.5 Å². The zero-order valence-electron chi connectivity index (χ0n) is 15.5. The van der Waals surface area contributed by atoms with Crippen molar-refractivity contribution in [2.75, 3.05) is 33.3 Å². The van der Waals surface area contributed by atoms with Gasteiger partial charge in [-0.2, -0.15) is 0 Å². The third kappa shape index (κ3) is 5.62. The summed E-state index contributed by atoms with van der Waals surface area (Å²) in [6.07, 6.45) is 1.40. The summed E-state index contributed by atoms with van der Waals surface area (Å²) in [5.74, 6) is 0.00329. The molecule has 0 spiro atoms. The van der Waals surface area contributed by atoms with E-state index in [-0.39, 0.29) is 6.61 Å². The number of hydrogen-bond donors (Lipinski definition) is 1. The van der Waals surface area contributed by atoms with Crippen molar-refractivity contribution >= 4 is 35.4 Å². The number of esters is 1. The van der Waals surface area contributed by atoms with Crippen LogP contribution in [-0.2, 0) is 14.4 Å². The van der Waals surface area contributed by atoms with E-state index in [1.54, 1.807) is 36.4 Å². The van der Waals surface area contributed by atoms with Gasteiger partial charge < -0.3 is 24.4 Å². The van der Waals surface area contributed by atoms with Crippen LogP contribution >= 0.6 is 11.6 Å². The predicted molar refractivity (Wildman–Crippen MR) is 105 cm³/mol. The number of nitrogens with one attached hydrogen (secondary N) is 1. The standard InChI is InChI=1S/C19H19ClN2O6/c1-25-16-9-12(8-15(20)18(16)26-2)10-21-28-11-17(23)22-14-6-4-13(5-7-14)19(24)27-3/h4-10H,11H2,1-3H3,(H,22,23)/b21-10+. The lowest BCUT2D eigenvalue weighted by Crippen LogP contribution is -2.17. The number of oxime groups is 1. The lowest BCUT2D eigenvalue weighted by Gasteiger charge is -2.09. The number of carbonyl (C=O) groups excluding carboxylic acids is 2. The van der Waals surface area contributed by atoms with Crippen molar-refractivity contribution in [1.29, 1.82) is 0 Å². The van der Waals surface area contributed by atoms with Crippen LogP contribution in [0.2, 0.25) is 5.02 Å². The molecule has 0 aliphatic carbocycles. The van der Waals surface area contributed by atoms with E-state index in [4.69, 9.17) is 25.9 Å². The van der Waals surface area contributed by atoms with Crippen molar-refractivity contribution in [1.82, 2.24) is 0 Å². The molecule has 0 radical (unpaired) electrons. The number of nitrogens with zero attached hydrogens (tertiary/aromatic N) is 1. The minimum absolute atomic E-state index is 0.295. The predicted octanol–water partition coefficient (Wildman–Crippen LogP) is 3.13. The van der Waals surface area contributed by atoms with Gasteiger partial charge in [0, 0.05) is 11.3 Å². The normalized spacial score (nSPS) is 10.4. The zero-order valence-corrected chi connectivity index (χ0v) is 16.3. The van der Waals surface area contributed by atoms with Gasteiger partial charge in [-0.25, -0.2) is 4.79 Å². The SMILES string of the molecule is COC(=O)c1ccc(NC(=O)CO/N=C/c2cc(Cl)c(OC)c(OC)c2)cc1. The van der Waals surface area contributed by atoms with Crippen LogP contribution in [0.3, 0.4) is 0 Å². The van der Waals surface area contributed by atoms with Gasteiger partial charge in [0.05, 0.1) is 38.1 Å². The van der Waals surface area contributed by atoms with Crippen LogP contribution in [0, 0.1) is 0 Å². The molecule has 0 saturated heterocycles. The highest BCUT2D eigenvalue weighted by Gasteiger charge is 2.10. The summed E-state index contributed by atoms with van der Waals surface area (Å²) in [5, 5.41) is 6.72. The number of rotatable bonds is 8. The Morgan fingerprint density at radius 2 is 1.82 bits per heavy atom. The molecule has 0 aliphatic rings. The molecule has 0 unspecified atom stereocenters. The number of hydrogen-bond acceptors (Lipinski definition) is 7. The van der Waals surface area contributed by atoms with E-state index in [1.165, 1.54) is 27.5 Å². The van der Waals surface area contributed by atoms with E-state index in [9.17, 15) is 9.59 Å². The van der Waals surface area contributed by atoms with Crippen LogP contribution in [0.25, 0.3) is 0 Å². The topological polar surface area (TPSA) is 95.5 Å². The summed E-state index contributed by atoms with van der Waals surface area (Å²) in [6.45, 7) is -0.295. The molecule has 2 rings (SSSR count). The van der Waals surface area contributed by atoms with Crippen molar-refractivity contribution in [2.45, 2.75) is 0 Å². The first kappa shape index (κ1) is 21.0. The van der Waals surface area contributed by atoms with E-state index in [0.29, 0.717) is 33.3 Å². The molecule has 1 amide bonds. The summed E-state index contributed by atoms with van der Waals surface area (Å²) < 4.78 is 15.0. The molecular weight excluding hydrogens is 388 g/mol. The van der Waals surface area contributed by atoms with Gasteiger partial charge in [-0.05, 0) is 36.4 Å². The number of amides is 1. The first-order valence-electron chi connectivity index (χ1n) is 8.03. The molecule has 9 heteroatoms. The van der Waals surface area contributed by atoms with Crippen LogP contribution in [0.1, 0.15) is 15.9 Å². The molecule has 0 bridgehead atoms. The largest absolute Gasteiger partial charge is 0.493 e. The first-order chi connectivity index (χ1) is 13.5. The maximum Gasteiger partial charge on any atom is 0.337 e. The summed E-state index contributed by atoms with van der Waals surface area (Å²) in [6, 6.07) is 9.54. The van der Waals surface area contributed by atoms with E-state index >= 15 is 0 Å². The molecule has 2 aromatic carbocycles. The van der Waals surface area contributed by atoms with Gasteiger partial charge in [0.1, 0.15) is 0 Å². The van der Waals surface area contributed by atoms with Crippen molar-refractivity contribution in [3.63, 3.8) is 0 Å². The first-order valence-corrected chi connectivity index (χ1v) is 8.41. The van der Waals surface area contributed by atoms with Crippen molar-refractivity contribution < 1.29 is 28.6 Å². The lowest BCUT2D eigenvalue weighted by molar-refractivity contribution is -0.120. The Balaban J connectivity index is 1.88. The molecule has 0 saturated carbocycles. The Kier molecular flexibility index (Phi) is 7.65. The molecular formula is C19H19ClN2O6. The minimum atomic E-state index is -0.453. The summed E-state index contributed by atoms with van der Waals surface area (Å²) >= 11 is 6.11. The fourth-order valence-corrected chi connectivity index (χ4v) is 2.51. The average molecular weight is 407 g/mol. The van der Waals surface area contributed by atoms with E-state index in [1.807, 2.05) is 0 Å². The molecule has 0 heterocycles. The molecule has 0 fully saturated rings. The number of benzene rings is 2. The third-order valence-electron chi connectivity index (χ3n) is 3.52. The molecule has 28 heavy (non-hydrogen) atoms. The lowest BCUT2D eigenvalue weighted by atomic mass is 10.2. The van der Waals surface area contributed by atoms with Crippen LogP contribution < -0.4 is 14.8 Å². The monoisotopic (exact) mass is 406 g/mol. The number of halogens is 1. The van der Waals surface area contributed by atoms with Crippen LogP contribution in [0.5, 0.6) is 11.5 Å². The summed E-state index contributed by atoms with van der Waals surface area (Å²) in [7, 11) is 4.28.